The van der Waals surface area contributed by atoms with E-state index in [0.717, 1.165) is 17.0 Å². The predicted molar refractivity (Wildman–Crippen MR) is 123 cm³/mol. The summed E-state index contributed by atoms with van der Waals surface area (Å²) < 4.78 is 11.4. The van der Waals surface area contributed by atoms with E-state index >= 15 is 0 Å². The number of hydrogen-bond acceptors (Lipinski definition) is 4. The van der Waals surface area contributed by atoms with Crippen molar-refractivity contribution in [2.45, 2.75) is 26.6 Å². The summed E-state index contributed by atoms with van der Waals surface area (Å²) in [6, 6.07) is 24.3. The summed E-state index contributed by atoms with van der Waals surface area (Å²) in [4.78, 5) is 12.4. The SMILES string of the molecule is CC(C)Oc1cccc(C(=O)NC(=S)Nc2ccc(OCc3ccccc3)cc2)c1. The van der Waals surface area contributed by atoms with Crippen LogP contribution in [0.5, 0.6) is 11.5 Å². The second kappa shape index (κ2) is 10.4. The number of hydrogen-bond donors (Lipinski definition) is 2. The monoisotopic (exact) mass is 420 g/mol. The highest BCUT2D eigenvalue weighted by molar-refractivity contribution is 7.80. The van der Waals surface area contributed by atoms with Gasteiger partial charge in [0, 0.05) is 11.3 Å². The van der Waals surface area contributed by atoms with E-state index in [1.165, 1.54) is 0 Å². The standard InChI is InChI=1S/C24H24N2O3S/c1-17(2)29-22-10-6-9-19(15-22)23(27)26-24(30)25-20-11-13-21(14-12-20)28-16-18-7-4-3-5-8-18/h3-15,17H,16H2,1-2H3,(H2,25,26,27,30). The van der Waals surface area contributed by atoms with Crippen molar-refractivity contribution in [1.82, 2.24) is 5.32 Å². The third-order valence-corrected chi connectivity index (χ3v) is 4.26. The molecule has 5 nitrogen and oxygen atoms in total. The van der Waals surface area contributed by atoms with Crippen LogP contribution in [-0.4, -0.2) is 17.1 Å². The Morgan fingerprint density at radius 1 is 0.933 bits per heavy atom. The molecule has 0 aliphatic rings. The lowest BCUT2D eigenvalue weighted by Crippen LogP contribution is -2.34. The van der Waals surface area contributed by atoms with E-state index < -0.39 is 0 Å². The number of carbonyl (C=O) groups is 1. The average Bonchev–Trinajstić information content (AvgIpc) is 2.73. The second-order valence-corrected chi connectivity index (χ2v) is 7.31. The lowest BCUT2D eigenvalue weighted by Gasteiger charge is -2.12. The molecule has 6 heteroatoms. The molecule has 30 heavy (non-hydrogen) atoms. The van der Waals surface area contributed by atoms with Crippen LogP contribution >= 0.6 is 12.2 Å². The maximum atomic E-state index is 12.4. The maximum Gasteiger partial charge on any atom is 0.257 e. The third-order valence-electron chi connectivity index (χ3n) is 4.06. The summed E-state index contributed by atoms with van der Waals surface area (Å²) in [5, 5.41) is 5.90. The van der Waals surface area contributed by atoms with Gasteiger partial charge in [0.05, 0.1) is 6.10 Å². The summed E-state index contributed by atoms with van der Waals surface area (Å²) >= 11 is 5.26. The topological polar surface area (TPSA) is 59.6 Å². The number of rotatable bonds is 7. The van der Waals surface area contributed by atoms with Crippen molar-refractivity contribution in [3.05, 3.63) is 90.0 Å². The van der Waals surface area contributed by atoms with Crippen molar-refractivity contribution in [3.63, 3.8) is 0 Å². The Kier molecular flexibility index (Phi) is 7.40. The highest BCUT2D eigenvalue weighted by Gasteiger charge is 2.10. The van der Waals surface area contributed by atoms with Crippen LogP contribution in [0.25, 0.3) is 0 Å². The minimum atomic E-state index is -0.301. The average molecular weight is 421 g/mol. The molecule has 154 valence electrons. The van der Waals surface area contributed by atoms with E-state index in [0.29, 0.717) is 17.9 Å². The molecular formula is C24H24N2O3S. The first-order valence-corrected chi connectivity index (χ1v) is 10.1. The van der Waals surface area contributed by atoms with Crippen LogP contribution in [0.1, 0.15) is 29.8 Å². The molecule has 0 atom stereocenters. The quantitative estimate of drug-likeness (QED) is 0.516. The van der Waals surface area contributed by atoms with Crippen molar-refractivity contribution in [2.75, 3.05) is 5.32 Å². The van der Waals surface area contributed by atoms with Crippen molar-refractivity contribution in [2.24, 2.45) is 0 Å². The molecule has 0 spiro atoms. The Morgan fingerprint density at radius 2 is 1.67 bits per heavy atom. The van der Waals surface area contributed by atoms with Gasteiger partial charge in [-0.15, -0.1) is 0 Å². The minimum absolute atomic E-state index is 0.0331. The normalized spacial score (nSPS) is 10.4. The van der Waals surface area contributed by atoms with Gasteiger partial charge >= 0.3 is 0 Å². The Balaban J connectivity index is 1.51. The van der Waals surface area contributed by atoms with Gasteiger partial charge in [0.15, 0.2) is 5.11 Å². The zero-order chi connectivity index (χ0) is 21.3. The summed E-state index contributed by atoms with van der Waals surface area (Å²) in [6.45, 7) is 4.37. The summed E-state index contributed by atoms with van der Waals surface area (Å²) in [5.41, 5.74) is 2.33. The van der Waals surface area contributed by atoms with Gasteiger partial charge in [-0.3, -0.25) is 10.1 Å². The third kappa shape index (κ3) is 6.60. The number of nitrogens with one attached hydrogen (secondary N) is 2. The van der Waals surface area contributed by atoms with Gasteiger partial charge in [0.1, 0.15) is 18.1 Å². The fraction of sp³-hybridized carbons (Fsp3) is 0.167. The number of anilines is 1. The van der Waals surface area contributed by atoms with E-state index in [4.69, 9.17) is 21.7 Å². The number of benzene rings is 3. The lowest BCUT2D eigenvalue weighted by molar-refractivity contribution is 0.0977. The molecule has 0 saturated heterocycles. The molecule has 0 aliphatic carbocycles. The molecule has 0 saturated carbocycles. The van der Waals surface area contributed by atoms with Crippen molar-refractivity contribution in [3.8, 4) is 11.5 Å². The van der Waals surface area contributed by atoms with Crippen LogP contribution in [0.3, 0.4) is 0 Å². The van der Waals surface area contributed by atoms with Crippen LogP contribution in [0.15, 0.2) is 78.9 Å². The largest absolute Gasteiger partial charge is 0.491 e. The van der Waals surface area contributed by atoms with E-state index in [1.807, 2.05) is 74.5 Å². The molecule has 0 aliphatic heterocycles. The highest BCUT2D eigenvalue weighted by atomic mass is 32.1. The molecule has 0 fully saturated rings. The summed E-state index contributed by atoms with van der Waals surface area (Å²) in [5.74, 6) is 1.09. The van der Waals surface area contributed by atoms with E-state index in [-0.39, 0.29) is 17.1 Å². The van der Waals surface area contributed by atoms with Crippen LogP contribution in [-0.2, 0) is 6.61 Å². The van der Waals surface area contributed by atoms with Crippen LogP contribution < -0.4 is 20.1 Å². The Hall–Kier alpha value is -3.38. The first-order chi connectivity index (χ1) is 14.5. The zero-order valence-corrected chi connectivity index (χ0v) is 17.7. The Morgan fingerprint density at radius 3 is 2.37 bits per heavy atom. The van der Waals surface area contributed by atoms with Crippen LogP contribution in [0.2, 0.25) is 0 Å². The van der Waals surface area contributed by atoms with Crippen LogP contribution in [0, 0.1) is 0 Å². The van der Waals surface area contributed by atoms with Gasteiger partial charge in [0.2, 0.25) is 0 Å². The molecule has 3 aromatic rings. The zero-order valence-electron chi connectivity index (χ0n) is 16.9. The van der Waals surface area contributed by atoms with Crippen molar-refractivity contribution in [1.29, 1.82) is 0 Å². The van der Waals surface area contributed by atoms with Gasteiger partial charge in [-0.2, -0.15) is 0 Å². The van der Waals surface area contributed by atoms with Gasteiger partial charge in [-0.05, 0) is 74.1 Å². The first-order valence-electron chi connectivity index (χ1n) is 9.65. The highest BCUT2D eigenvalue weighted by Crippen LogP contribution is 2.18. The fourth-order valence-electron chi connectivity index (χ4n) is 2.70. The molecule has 0 unspecified atom stereocenters. The Labute approximate surface area is 182 Å². The van der Waals surface area contributed by atoms with Gasteiger partial charge in [-0.1, -0.05) is 36.4 Å². The Bertz CT molecular complexity index is 989. The predicted octanol–water partition coefficient (Wildman–Crippen LogP) is 5.18. The van der Waals surface area contributed by atoms with E-state index in [9.17, 15) is 4.79 Å². The number of amides is 1. The number of thiocarbonyl (C=S) groups is 1. The molecule has 0 radical (unpaired) electrons. The first kappa shape index (κ1) is 21.3. The van der Waals surface area contributed by atoms with Crippen molar-refractivity contribution >= 4 is 28.9 Å². The van der Waals surface area contributed by atoms with E-state index in [1.54, 1.807) is 18.2 Å². The molecule has 0 bridgehead atoms. The van der Waals surface area contributed by atoms with Gasteiger partial charge < -0.3 is 14.8 Å². The van der Waals surface area contributed by atoms with Crippen molar-refractivity contribution < 1.29 is 14.3 Å². The molecule has 1 amide bonds. The van der Waals surface area contributed by atoms with Crippen LogP contribution in [0.4, 0.5) is 5.69 Å². The molecule has 3 aromatic carbocycles. The number of carbonyl (C=O) groups excluding carboxylic acids is 1. The smallest absolute Gasteiger partial charge is 0.257 e. The second-order valence-electron chi connectivity index (χ2n) is 6.90. The lowest BCUT2D eigenvalue weighted by atomic mass is 10.2. The fourth-order valence-corrected chi connectivity index (χ4v) is 2.91. The van der Waals surface area contributed by atoms with E-state index in [2.05, 4.69) is 10.6 Å². The molecular weight excluding hydrogens is 396 g/mol. The molecule has 2 N–H and O–H groups in total. The number of ether oxygens (including phenoxy) is 2. The van der Waals surface area contributed by atoms with Gasteiger partial charge in [-0.25, -0.2) is 0 Å². The summed E-state index contributed by atoms with van der Waals surface area (Å²) in [6.07, 6.45) is 0.0331. The van der Waals surface area contributed by atoms with Gasteiger partial charge in [0.25, 0.3) is 5.91 Å². The maximum absolute atomic E-state index is 12.4. The molecule has 3 rings (SSSR count). The summed E-state index contributed by atoms with van der Waals surface area (Å²) in [7, 11) is 0. The molecule has 0 heterocycles. The molecule has 0 aromatic heterocycles. The minimum Gasteiger partial charge on any atom is -0.491 e.